The van der Waals surface area contributed by atoms with E-state index in [-0.39, 0.29) is 11.9 Å². The summed E-state index contributed by atoms with van der Waals surface area (Å²) in [5.74, 6) is 0.991. The number of nitrogens with one attached hydrogen (secondary N) is 1. The summed E-state index contributed by atoms with van der Waals surface area (Å²) in [6, 6.07) is 16.5. The van der Waals surface area contributed by atoms with E-state index in [9.17, 15) is 4.79 Å². The van der Waals surface area contributed by atoms with Crippen molar-refractivity contribution in [2.24, 2.45) is 0 Å². The van der Waals surface area contributed by atoms with Crippen LogP contribution in [-0.4, -0.2) is 12.5 Å². The molecule has 2 aromatic rings. The van der Waals surface area contributed by atoms with Crippen LogP contribution < -0.4 is 10.1 Å². The van der Waals surface area contributed by atoms with Crippen LogP contribution in [0.3, 0.4) is 0 Å². The number of carbonyl (C=O) groups is 1. The van der Waals surface area contributed by atoms with Crippen LogP contribution in [0, 0.1) is 0 Å². The van der Waals surface area contributed by atoms with Crippen molar-refractivity contribution in [3.05, 3.63) is 65.2 Å². The molecule has 2 aromatic carbocycles. The minimum Gasteiger partial charge on any atom is -0.493 e. The van der Waals surface area contributed by atoms with Gasteiger partial charge in [0.2, 0.25) is 5.91 Å². The largest absolute Gasteiger partial charge is 0.493 e. The molecule has 1 atom stereocenters. The summed E-state index contributed by atoms with van der Waals surface area (Å²) in [6.07, 6.45) is 3.17. The molecule has 0 radical (unpaired) electrons. The van der Waals surface area contributed by atoms with E-state index < -0.39 is 0 Å². The Hall–Kier alpha value is -2.29. The highest BCUT2D eigenvalue weighted by Crippen LogP contribution is 2.31. The molecule has 0 saturated carbocycles. The minimum atomic E-state index is 0.0647. The third kappa shape index (κ3) is 3.92. The number of hydrogen-bond acceptors (Lipinski definition) is 2. The van der Waals surface area contributed by atoms with Gasteiger partial charge >= 0.3 is 0 Å². The molecule has 1 heterocycles. The fraction of sp³-hybridized carbons (Fsp3) is 0.350. The van der Waals surface area contributed by atoms with Gasteiger partial charge in [-0.15, -0.1) is 0 Å². The lowest BCUT2D eigenvalue weighted by Crippen LogP contribution is -2.32. The zero-order chi connectivity index (χ0) is 16.1. The lowest BCUT2D eigenvalue weighted by Gasteiger charge is -2.26. The van der Waals surface area contributed by atoms with Gasteiger partial charge in [-0.2, -0.15) is 0 Å². The minimum absolute atomic E-state index is 0.0647. The first-order chi connectivity index (χ1) is 11.3. The van der Waals surface area contributed by atoms with Crippen LogP contribution in [0.1, 0.15) is 42.5 Å². The van der Waals surface area contributed by atoms with Crippen molar-refractivity contribution in [1.29, 1.82) is 0 Å². The van der Waals surface area contributed by atoms with E-state index in [1.54, 1.807) is 0 Å². The smallest absolute Gasteiger partial charge is 0.220 e. The van der Waals surface area contributed by atoms with Crippen LogP contribution in [0.4, 0.5) is 0 Å². The Morgan fingerprint density at radius 3 is 2.65 bits per heavy atom. The standard InChI is InChI=1S/C20H23NO2/c1-2-15-7-9-16(10-8-15)11-12-20(22)21-18-13-14-23-19-6-4-3-5-17(18)19/h3-10,18H,2,11-14H2,1H3,(H,21,22)/t18-/m1/s1. The van der Waals surface area contributed by atoms with Crippen molar-refractivity contribution in [2.75, 3.05) is 6.61 Å². The number of para-hydroxylation sites is 1. The maximum atomic E-state index is 12.3. The fourth-order valence-electron chi connectivity index (χ4n) is 2.96. The molecular weight excluding hydrogens is 286 g/mol. The fourth-order valence-corrected chi connectivity index (χ4v) is 2.96. The van der Waals surface area contributed by atoms with Gasteiger partial charge in [-0.05, 0) is 30.0 Å². The van der Waals surface area contributed by atoms with Crippen molar-refractivity contribution in [3.8, 4) is 5.75 Å². The highest BCUT2D eigenvalue weighted by molar-refractivity contribution is 5.77. The highest BCUT2D eigenvalue weighted by atomic mass is 16.5. The van der Waals surface area contributed by atoms with E-state index in [1.165, 1.54) is 11.1 Å². The lowest BCUT2D eigenvalue weighted by atomic mass is 10.00. The van der Waals surface area contributed by atoms with Gasteiger partial charge in [-0.3, -0.25) is 4.79 Å². The molecular formula is C20H23NO2. The third-order valence-corrected chi connectivity index (χ3v) is 4.37. The number of aryl methyl sites for hydroxylation is 2. The number of fused-ring (bicyclic) bond motifs is 1. The Kier molecular flexibility index (Phi) is 4.96. The molecule has 1 aliphatic rings. The molecule has 3 rings (SSSR count). The topological polar surface area (TPSA) is 38.3 Å². The molecule has 0 saturated heterocycles. The first-order valence-electron chi connectivity index (χ1n) is 8.35. The van der Waals surface area contributed by atoms with Crippen LogP contribution in [0.15, 0.2) is 48.5 Å². The summed E-state index contributed by atoms with van der Waals surface area (Å²) in [6.45, 7) is 2.80. The Morgan fingerprint density at radius 2 is 1.87 bits per heavy atom. The molecule has 0 aliphatic carbocycles. The number of rotatable bonds is 5. The first-order valence-corrected chi connectivity index (χ1v) is 8.35. The Balaban J connectivity index is 1.55. The van der Waals surface area contributed by atoms with Gasteiger partial charge in [0, 0.05) is 18.4 Å². The lowest BCUT2D eigenvalue weighted by molar-refractivity contribution is -0.122. The van der Waals surface area contributed by atoms with Crippen LogP contribution in [-0.2, 0) is 17.6 Å². The number of hydrogen-bond donors (Lipinski definition) is 1. The summed E-state index contributed by atoms with van der Waals surface area (Å²) in [4.78, 5) is 12.3. The maximum absolute atomic E-state index is 12.3. The Morgan fingerprint density at radius 1 is 1.13 bits per heavy atom. The molecule has 0 aromatic heterocycles. The molecule has 1 N–H and O–H groups in total. The van der Waals surface area contributed by atoms with E-state index in [1.807, 2.05) is 24.3 Å². The molecule has 120 valence electrons. The van der Waals surface area contributed by atoms with Crippen molar-refractivity contribution in [2.45, 2.75) is 38.6 Å². The number of ether oxygens (including phenoxy) is 1. The second-order valence-corrected chi connectivity index (χ2v) is 5.97. The van der Waals surface area contributed by atoms with Crippen molar-refractivity contribution in [1.82, 2.24) is 5.32 Å². The van der Waals surface area contributed by atoms with Crippen LogP contribution in [0.5, 0.6) is 5.75 Å². The highest BCUT2D eigenvalue weighted by Gasteiger charge is 2.22. The van der Waals surface area contributed by atoms with E-state index in [0.717, 1.165) is 30.6 Å². The van der Waals surface area contributed by atoms with Gasteiger partial charge in [0.25, 0.3) is 0 Å². The van der Waals surface area contributed by atoms with Crippen molar-refractivity contribution >= 4 is 5.91 Å². The van der Waals surface area contributed by atoms with Gasteiger partial charge in [0.1, 0.15) is 5.75 Å². The van der Waals surface area contributed by atoms with Crippen molar-refractivity contribution in [3.63, 3.8) is 0 Å². The normalized spacial score (nSPS) is 16.3. The quantitative estimate of drug-likeness (QED) is 0.912. The van der Waals surface area contributed by atoms with Crippen molar-refractivity contribution < 1.29 is 9.53 Å². The second kappa shape index (κ2) is 7.32. The Bertz CT molecular complexity index is 664. The first kappa shape index (κ1) is 15.6. The summed E-state index contributed by atoms with van der Waals surface area (Å²) in [7, 11) is 0. The molecule has 1 amide bonds. The summed E-state index contributed by atoms with van der Waals surface area (Å²) >= 11 is 0. The number of amides is 1. The van der Waals surface area contributed by atoms with E-state index >= 15 is 0 Å². The summed E-state index contributed by atoms with van der Waals surface area (Å²) < 4.78 is 5.64. The SMILES string of the molecule is CCc1ccc(CCC(=O)N[C@@H]2CCOc3ccccc32)cc1. The van der Waals surface area contributed by atoms with Crippen LogP contribution in [0.25, 0.3) is 0 Å². The van der Waals surface area contributed by atoms with E-state index in [2.05, 4.69) is 36.5 Å². The molecule has 3 heteroatoms. The molecule has 0 fully saturated rings. The van der Waals surface area contributed by atoms with Gasteiger partial charge in [0.15, 0.2) is 0 Å². The molecule has 0 unspecified atom stereocenters. The second-order valence-electron chi connectivity index (χ2n) is 5.97. The Labute approximate surface area is 137 Å². The maximum Gasteiger partial charge on any atom is 0.220 e. The van der Waals surface area contributed by atoms with Gasteiger partial charge in [-0.1, -0.05) is 49.4 Å². The average Bonchev–Trinajstić information content (AvgIpc) is 2.61. The van der Waals surface area contributed by atoms with Gasteiger partial charge < -0.3 is 10.1 Å². The number of benzene rings is 2. The van der Waals surface area contributed by atoms with Crippen LogP contribution in [0.2, 0.25) is 0 Å². The van der Waals surface area contributed by atoms with Crippen LogP contribution >= 0.6 is 0 Å². The molecule has 0 spiro atoms. The molecule has 3 nitrogen and oxygen atoms in total. The van der Waals surface area contributed by atoms with Gasteiger partial charge in [-0.25, -0.2) is 0 Å². The van der Waals surface area contributed by atoms with E-state index in [0.29, 0.717) is 13.0 Å². The van der Waals surface area contributed by atoms with Gasteiger partial charge in [0.05, 0.1) is 12.6 Å². The average molecular weight is 309 g/mol. The monoisotopic (exact) mass is 309 g/mol. The zero-order valence-corrected chi connectivity index (χ0v) is 13.5. The summed E-state index contributed by atoms with van der Waals surface area (Å²) in [5, 5.41) is 3.15. The molecule has 23 heavy (non-hydrogen) atoms. The zero-order valence-electron chi connectivity index (χ0n) is 13.5. The molecule has 1 aliphatic heterocycles. The predicted molar refractivity (Wildman–Crippen MR) is 91.6 cm³/mol. The predicted octanol–water partition coefficient (Wildman–Crippen LogP) is 3.82. The number of carbonyl (C=O) groups excluding carboxylic acids is 1. The molecule has 0 bridgehead atoms. The van der Waals surface area contributed by atoms with E-state index in [4.69, 9.17) is 4.74 Å². The third-order valence-electron chi connectivity index (χ3n) is 4.37. The summed E-state index contributed by atoms with van der Waals surface area (Å²) in [5.41, 5.74) is 3.63.